The minimum Gasteiger partial charge on any atom is -0.480 e. The predicted molar refractivity (Wildman–Crippen MR) is 76.1 cm³/mol. The molecule has 4 nitrogen and oxygen atoms in total. The Morgan fingerprint density at radius 2 is 2.06 bits per heavy atom. The molecule has 0 spiro atoms. The van der Waals surface area contributed by atoms with E-state index in [1.807, 2.05) is 6.92 Å². The summed E-state index contributed by atoms with van der Waals surface area (Å²) < 4.78 is 1.68. The third kappa shape index (κ3) is 2.78. The van der Waals surface area contributed by atoms with Gasteiger partial charge in [-0.1, -0.05) is 0 Å². The second-order valence-corrected chi connectivity index (χ2v) is 7.40. The van der Waals surface area contributed by atoms with E-state index in [4.69, 9.17) is 5.11 Å². The van der Waals surface area contributed by atoms with Gasteiger partial charge in [0.25, 0.3) is 5.91 Å². The number of nitrogens with one attached hydrogen (secondary N) is 1. The SMILES string of the molecule is Cc1c(C(=O)NC(C(=O)O)C2CC2)sc(Br)c1Br. The van der Waals surface area contributed by atoms with Gasteiger partial charge in [0.05, 0.1) is 8.66 Å². The Balaban J connectivity index is 2.15. The largest absolute Gasteiger partial charge is 0.480 e. The molecule has 0 bridgehead atoms. The number of carboxylic acid groups (broad SMARTS) is 1. The van der Waals surface area contributed by atoms with Crippen molar-refractivity contribution in [1.82, 2.24) is 5.32 Å². The molecule has 1 atom stereocenters. The van der Waals surface area contributed by atoms with E-state index in [2.05, 4.69) is 37.2 Å². The van der Waals surface area contributed by atoms with Crippen molar-refractivity contribution in [3.63, 3.8) is 0 Å². The van der Waals surface area contributed by atoms with Crippen LogP contribution in [0.4, 0.5) is 0 Å². The minimum atomic E-state index is -0.960. The topological polar surface area (TPSA) is 66.4 Å². The molecule has 1 saturated carbocycles. The van der Waals surface area contributed by atoms with E-state index in [1.165, 1.54) is 11.3 Å². The number of amides is 1. The summed E-state index contributed by atoms with van der Waals surface area (Å²) in [6, 6.07) is -0.767. The van der Waals surface area contributed by atoms with Crippen LogP contribution in [0.25, 0.3) is 0 Å². The zero-order chi connectivity index (χ0) is 13.4. The minimum absolute atomic E-state index is 0.0820. The number of carboxylic acids is 1. The summed E-state index contributed by atoms with van der Waals surface area (Å²) in [5.41, 5.74) is 0.823. The van der Waals surface area contributed by atoms with Gasteiger partial charge in [-0.05, 0) is 63.1 Å². The van der Waals surface area contributed by atoms with Crippen molar-refractivity contribution < 1.29 is 14.7 Å². The molecule has 7 heteroatoms. The van der Waals surface area contributed by atoms with Gasteiger partial charge in [0.2, 0.25) is 0 Å². The Bertz CT molecular complexity index is 511. The first-order chi connectivity index (χ1) is 8.41. The average Bonchev–Trinajstić information content (AvgIpc) is 3.10. The highest BCUT2D eigenvalue weighted by Gasteiger charge is 2.37. The molecule has 1 aromatic heterocycles. The van der Waals surface area contributed by atoms with Crippen molar-refractivity contribution in [3.8, 4) is 0 Å². The van der Waals surface area contributed by atoms with Crippen LogP contribution in [0, 0.1) is 12.8 Å². The number of carbonyl (C=O) groups excluding carboxylic acids is 1. The summed E-state index contributed by atoms with van der Waals surface area (Å²) in [5.74, 6) is -1.19. The molecule has 0 aliphatic heterocycles. The summed E-state index contributed by atoms with van der Waals surface area (Å²) in [4.78, 5) is 23.7. The van der Waals surface area contributed by atoms with Gasteiger partial charge in [-0.25, -0.2) is 4.79 Å². The Labute approximate surface area is 125 Å². The van der Waals surface area contributed by atoms with Crippen molar-refractivity contribution >= 4 is 55.1 Å². The second kappa shape index (κ2) is 5.30. The number of halogens is 2. The standard InChI is InChI=1S/C11H11Br2NO3S/c1-4-6(12)9(13)18-8(4)10(15)14-7(11(16)17)5-2-3-5/h5,7H,2-3H2,1H3,(H,14,15)(H,16,17). The number of hydrogen-bond donors (Lipinski definition) is 2. The first-order valence-corrected chi connectivity index (χ1v) is 7.80. The highest BCUT2D eigenvalue weighted by Crippen LogP contribution is 2.37. The van der Waals surface area contributed by atoms with Gasteiger partial charge in [-0.2, -0.15) is 0 Å². The number of carbonyl (C=O) groups is 2. The van der Waals surface area contributed by atoms with Crippen molar-refractivity contribution in [1.29, 1.82) is 0 Å². The van der Waals surface area contributed by atoms with Crippen LogP contribution in [-0.2, 0) is 4.79 Å². The summed E-state index contributed by atoms with van der Waals surface area (Å²) in [6.45, 7) is 1.83. The molecular formula is C11H11Br2NO3S. The van der Waals surface area contributed by atoms with Crippen LogP contribution >= 0.6 is 43.2 Å². The molecule has 1 heterocycles. The molecular weight excluding hydrogens is 386 g/mol. The molecule has 2 N–H and O–H groups in total. The van der Waals surface area contributed by atoms with Crippen LogP contribution < -0.4 is 5.32 Å². The van der Waals surface area contributed by atoms with Crippen LogP contribution in [0.1, 0.15) is 28.1 Å². The lowest BCUT2D eigenvalue weighted by atomic mass is 10.2. The Morgan fingerprint density at radius 3 is 2.44 bits per heavy atom. The number of aliphatic carboxylic acids is 1. The van der Waals surface area contributed by atoms with E-state index < -0.39 is 12.0 Å². The quantitative estimate of drug-likeness (QED) is 0.821. The van der Waals surface area contributed by atoms with Gasteiger partial charge >= 0.3 is 5.97 Å². The fourth-order valence-electron chi connectivity index (χ4n) is 1.69. The lowest BCUT2D eigenvalue weighted by molar-refractivity contribution is -0.139. The molecule has 1 amide bonds. The molecule has 1 unspecified atom stereocenters. The van der Waals surface area contributed by atoms with Gasteiger partial charge < -0.3 is 10.4 Å². The normalized spacial score (nSPS) is 16.4. The number of hydrogen-bond acceptors (Lipinski definition) is 3. The zero-order valence-electron chi connectivity index (χ0n) is 9.50. The first kappa shape index (κ1) is 14.0. The second-order valence-electron chi connectivity index (χ2n) is 4.27. The van der Waals surface area contributed by atoms with Gasteiger partial charge in [0, 0.05) is 4.47 Å². The van der Waals surface area contributed by atoms with Crippen molar-refractivity contribution in [2.24, 2.45) is 5.92 Å². The van der Waals surface area contributed by atoms with Crippen LogP contribution in [0.3, 0.4) is 0 Å². The summed E-state index contributed by atoms with van der Waals surface area (Å²) in [7, 11) is 0. The van der Waals surface area contributed by atoms with Crippen LogP contribution in [0.5, 0.6) is 0 Å². The molecule has 98 valence electrons. The van der Waals surface area contributed by atoms with E-state index in [-0.39, 0.29) is 11.8 Å². The predicted octanol–water partition coefficient (Wildman–Crippen LogP) is 3.17. The molecule has 0 saturated heterocycles. The van der Waals surface area contributed by atoms with E-state index in [1.54, 1.807) is 0 Å². The summed E-state index contributed by atoms with van der Waals surface area (Å²) >= 11 is 8.02. The Morgan fingerprint density at radius 1 is 1.44 bits per heavy atom. The van der Waals surface area contributed by atoms with E-state index in [9.17, 15) is 9.59 Å². The lowest BCUT2D eigenvalue weighted by Gasteiger charge is -2.13. The highest BCUT2D eigenvalue weighted by molar-refractivity contribution is 9.13. The maximum absolute atomic E-state index is 12.1. The smallest absolute Gasteiger partial charge is 0.326 e. The molecule has 1 aliphatic carbocycles. The molecule has 1 fully saturated rings. The zero-order valence-corrected chi connectivity index (χ0v) is 13.5. The van der Waals surface area contributed by atoms with E-state index >= 15 is 0 Å². The lowest BCUT2D eigenvalue weighted by Crippen LogP contribution is -2.42. The molecule has 1 aliphatic rings. The summed E-state index contributed by atoms with van der Waals surface area (Å²) in [5, 5.41) is 11.7. The van der Waals surface area contributed by atoms with E-state index in [0.717, 1.165) is 26.7 Å². The van der Waals surface area contributed by atoms with Gasteiger partial charge in [0.15, 0.2) is 0 Å². The number of rotatable bonds is 4. The Hall–Kier alpha value is -0.400. The third-order valence-corrected chi connectivity index (χ3v) is 6.63. The number of thiophene rings is 1. The average molecular weight is 397 g/mol. The van der Waals surface area contributed by atoms with Gasteiger partial charge in [0.1, 0.15) is 6.04 Å². The van der Waals surface area contributed by atoms with E-state index in [0.29, 0.717) is 4.88 Å². The molecule has 0 aromatic carbocycles. The maximum atomic E-state index is 12.1. The fraction of sp³-hybridized carbons (Fsp3) is 0.455. The van der Waals surface area contributed by atoms with Crippen LogP contribution in [0.15, 0.2) is 8.26 Å². The molecule has 2 rings (SSSR count). The molecule has 0 radical (unpaired) electrons. The fourth-order valence-corrected chi connectivity index (χ4v) is 3.88. The molecule has 18 heavy (non-hydrogen) atoms. The van der Waals surface area contributed by atoms with Gasteiger partial charge in [-0.3, -0.25) is 4.79 Å². The van der Waals surface area contributed by atoms with Gasteiger partial charge in [-0.15, -0.1) is 11.3 Å². The summed E-state index contributed by atoms with van der Waals surface area (Å²) in [6.07, 6.45) is 1.74. The van der Waals surface area contributed by atoms with Crippen molar-refractivity contribution in [3.05, 3.63) is 18.7 Å². The Kier molecular flexibility index (Phi) is 4.13. The van der Waals surface area contributed by atoms with Crippen LogP contribution in [0.2, 0.25) is 0 Å². The monoisotopic (exact) mass is 395 g/mol. The first-order valence-electron chi connectivity index (χ1n) is 5.40. The van der Waals surface area contributed by atoms with Crippen molar-refractivity contribution in [2.75, 3.05) is 0 Å². The highest BCUT2D eigenvalue weighted by atomic mass is 79.9. The maximum Gasteiger partial charge on any atom is 0.326 e. The van der Waals surface area contributed by atoms with Crippen LogP contribution in [-0.4, -0.2) is 23.0 Å². The van der Waals surface area contributed by atoms with Crippen molar-refractivity contribution in [2.45, 2.75) is 25.8 Å². The molecule has 1 aromatic rings. The third-order valence-electron chi connectivity index (χ3n) is 2.89.